The molecular weight excluding hydrogens is 746 g/mol. The number of allylic oxidation sites excluding steroid dienone is 1. The van der Waals surface area contributed by atoms with Crippen molar-refractivity contribution in [1.82, 2.24) is 28.9 Å². The summed E-state index contributed by atoms with van der Waals surface area (Å²) in [5, 5.41) is 4.04. The second-order valence-electron chi connectivity index (χ2n) is 15.8. The summed E-state index contributed by atoms with van der Waals surface area (Å²) in [6.07, 6.45) is 2.72. The van der Waals surface area contributed by atoms with Gasteiger partial charge in [0.05, 0.1) is 35.9 Å². The molecule has 3 aliphatic heterocycles. The van der Waals surface area contributed by atoms with Crippen LogP contribution < -0.4 is 9.46 Å². The van der Waals surface area contributed by atoms with Crippen LogP contribution in [0.15, 0.2) is 36.4 Å². The van der Waals surface area contributed by atoms with Gasteiger partial charge in [-0.05, 0) is 98.7 Å². The number of piperazine rings is 1. The summed E-state index contributed by atoms with van der Waals surface area (Å²) in [5.41, 5.74) is 3.02. The van der Waals surface area contributed by atoms with E-state index in [9.17, 15) is 31.2 Å². The number of halogens is 3. The van der Waals surface area contributed by atoms with Gasteiger partial charge < -0.3 is 14.2 Å². The third-order valence-corrected chi connectivity index (χ3v) is 14.0. The van der Waals surface area contributed by atoms with Gasteiger partial charge in [0.1, 0.15) is 5.75 Å². The van der Waals surface area contributed by atoms with Crippen molar-refractivity contribution >= 4 is 44.4 Å². The number of benzene rings is 2. The molecule has 2 atom stereocenters. The summed E-state index contributed by atoms with van der Waals surface area (Å²) in [6.45, 7) is 6.81. The first kappa shape index (κ1) is 38.3. The normalized spacial score (nSPS) is 20.3. The molecule has 11 nitrogen and oxygen atoms in total. The number of aryl methyl sites for hydroxylation is 1. The zero-order chi connectivity index (χ0) is 39.8. The number of hydrogen-bond donors (Lipinski definition) is 1. The minimum absolute atomic E-state index is 0.0394. The smallest absolute Gasteiger partial charge is 0.435 e. The van der Waals surface area contributed by atoms with Crippen LogP contribution in [0.2, 0.25) is 0 Å². The molecule has 2 saturated heterocycles. The Hall–Kier alpha value is -4.63. The molecule has 15 heteroatoms. The van der Waals surface area contributed by atoms with Crippen LogP contribution >= 0.6 is 0 Å². The summed E-state index contributed by atoms with van der Waals surface area (Å²) < 4.78 is 81.3. The van der Waals surface area contributed by atoms with Gasteiger partial charge in [-0.15, -0.1) is 0 Å². The Morgan fingerprint density at radius 3 is 2.41 bits per heavy atom. The van der Waals surface area contributed by atoms with Crippen molar-refractivity contribution in [2.24, 2.45) is 7.05 Å². The van der Waals surface area contributed by atoms with Gasteiger partial charge in [-0.2, -0.15) is 18.3 Å². The first-order chi connectivity index (χ1) is 26.6. The van der Waals surface area contributed by atoms with E-state index >= 15 is 0 Å². The highest BCUT2D eigenvalue weighted by Crippen LogP contribution is 2.49. The van der Waals surface area contributed by atoms with Crippen LogP contribution in [-0.2, 0) is 29.8 Å². The zero-order valence-electron chi connectivity index (χ0n) is 32.2. The van der Waals surface area contributed by atoms with Crippen molar-refractivity contribution in [3.63, 3.8) is 0 Å². The van der Waals surface area contributed by atoms with E-state index in [1.54, 1.807) is 24.1 Å². The lowest BCUT2D eigenvalue weighted by Crippen LogP contribution is -2.49. The predicted octanol–water partition coefficient (Wildman–Crippen LogP) is 7.06. The third kappa shape index (κ3) is 6.40. The van der Waals surface area contributed by atoms with Crippen molar-refractivity contribution in [3.05, 3.63) is 70.0 Å². The van der Waals surface area contributed by atoms with Gasteiger partial charge in [0.25, 0.3) is 11.8 Å². The Morgan fingerprint density at radius 2 is 1.77 bits per heavy atom. The molecule has 1 aliphatic carbocycles. The molecule has 2 amide bonds. The highest BCUT2D eigenvalue weighted by atomic mass is 32.2. The van der Waals surface area contributed by atoms with E-state index in [0.29, 0.717) is 41.9 Å². The molecule has 1 N–H and O–H groups in total. The molecule has 2 aromatic carbocycles. The number of nitrogens with zero attached hydrogens (tertiary/aromatic N) is 5. The van der Waals surface area contributed by atoms with Crippen LogP contribution in [0.5, 0.6) is 5.75 Å². The largest absolute Gasteiger partial charge is 0.497 e. The summed E-state index contributed by atoms with van der Waals surface area (Å²) in [5.74, 6) is -0.746. The standard InChI is InChI=1S/C41H47F3N6O5S/c1-6-48-21-29-19-28(48)22-49(29)40(52)35-36(47(4)45-38(35)41(42,43)44)27-16-26-17-30(55-5)13-15-31(26)37-34(24-10-8-7-9-11-24)32-14-12-25(18-33(32)50(37)20-27)39(51)46-56(53,54)23(2)3/h12-18,23-24,28-29H,6-11,19-22H2,1-5H3,(H,46,51)/t28?,29-/m0/s1. The maximum Gasteiger partial charge on any atom is 0.435 e. The Kier molecular flexibility index (Phi) is 9.62. The highest BCUT2D eigenvalue weighted by Gasteiger charge is 2.49. The minimum Gasteiger partial charge on any atom is -0.497 e. The number of methoxy groups -OCH3 is 1. The van der Waals surface area contributed by atoms with Gasteiger partial charge in [0, 0.05) is 54.3 Å². The number of rotatable bonds is 8. The fourth-order valence-corrected chi connectivity index (χ4v) is 10.1. The van der Waals surface area contributed by atoms with E-state index in [2.05, 4.69) is 14.7 Å². The fourth-order valence-electron chi connectivity index (χ4n) is 9.45. The number of carbonyl (C=O) groups excluding carboxylic acids is 2. The quantitative estimate of drug-likeness (QED) is 0.203. The van der Waals surface area contributed by atoms with Crippen LogP contribution in [0.4, 0.5) is 13.2 Å². The number of nitrogens with one attached hydrogen (secondary N) is 1. The second kappa shape index (κ2) is 14.1. The lowest BCUT2D eigenvalue weighted by molar-refractivity contribution is -0.141. The topological polar surface area (TPSA) is 119 Å². The van der Waals surface area contributed by atoms with Crippen molar-refractivity contribution in [1.29, 1.82) is 0 Å². The lowest BCUT2D eigenvalue weighted by Gasteiger charge is -2.33. The van der Waals surface area contributed by atoms with Crippen LogP contribution in [0.1, 0.15) is 108 Å². The van der Waals surface area contributed by atoms with Crippen molar-refractivity contribution in [2.75, 3.05) is 26.7 Å². The molecule has 0 radical (unpaired) electrons. The summed E-state index contributed by atoms with van der Waals surface area (Å²) in [7, 11) is -0.945. The Bertz CT molecular complexity index is 2390. The van der Waals surface area contributed by atoms with Crippen LogP contribution in [0, 0.1) is 0 Å². The second-order valence-corrected chi connectivity index (χ2v) is 18.1. The zero-order valence-corrected chi connectivity index (χ0v) is 33.1. The van der Waals surface area contributed by atoms with E-state index < -0.39 is 44.5 Å². The average molecular weight is 793 g/mol. The van der Waals surface area contributed by atoms with E-state index in [1.807, 2.05) is 41.8 Å². The van der Waals surface area contributed by atoms with Crippen molar-refractivity contribution < 1.29 is 35.9 Å². The molecule has 5 heterocycles. The molecule has 2 aromatic heterocycles. The van der Waals surface area contributed by atoms with E-state index in [-0.39, 0.29) is 35.8 Å². The van der Waals surface area contributed by atoms with E-state index in [4.69, 9.17) is 4.74 Å². The maximum atomic E-state index is 14.9. The Morgan fingerprint density at radius 1 is 1.02 bits per heavy atom. The molecule has 2 bridgehead atoms. The number of sulfonamides is 1. The number of fused-ring (bicyclic) bond motifs is 7. The van der Waals surface area contributed by atoms with Crippen LogP contribution in [-0.4, -0.2) is 88.5 Å². The number of likely N-dealkylation sites (tertiary alicyclic amines) is 2. The van der Waals surface area contributed by atoms with Gasteiger partial charge in [0.15, 0.2) is 5.69 Å². The van der Waals surface area contributed by atoms with Gasteiger partial charge in [-0.3, -0.25) is 19.2 Å². The lowest BCUT2D eigenvalue weighted by atomic mass is 9.81. The number of hydrogen-bond acceptors (Lipinski definition) is 7. The molecular formula is C41H47F3N6O5S. The Balaban J connectivity index is 1.35. The minimum atomic E-state index is -4.90. The molecule has 3 fully saturated rings. The molecule has 4 aromatic rings. The summed E-state index contributed by atoms with van der Waals surface area (Å²) in [4.78, 5) is 31.9. The number of amides is 2. The molecule has 56 heavy (non-hydrogen) atoms. The molecule has 298 valence electrons. The maximum absolute atomic E-state index is 14.9. The molecule has 1 unspecified atom stereocenters. The van der Waals surface area contributed by atoms with Crippen molar-refractivity contribution in [2.45, 2.75) is 95.3 Å². The van der Waals surface area contributed by atoms with Gasteiger partial charge >= 0.3 is 6.18 Å². The van der Waals surface area contributed by atoms with Gasteiger partial charge in [-0.25, -0.2) is 13.1 Å². The average Bonchev–Trinajstić information content (AvgIpc) is 3.92. The number of alkyl halides is 3. The van der Waals surface area contributed by atoms with Crippen LogP contribution in [0.25, 0.3) is 33.8 Å². The third-order valence-electron chi connectivity index (χ3n) is 12.3. The molecule has 4 aliphatic rings. The first-order valence-electron chi connectivity index (χ1n) is 19.4. The molecule has 0 spiro atoms. The number of carbonyl (C=O) groups is 2. The van der Waals surface area contributed by atoms with Crippen LogP contribution in [0.3, 0.4) is 0 Å². The number of ether oxygens (including phenoxy) is 1. The number of likely N-dealkylation sites (N-methyl/N-ethyl adjacent to an activating group) is 1. The highest BCUT2D eigenvalue weighted by molar-refractivity contribution is 7.90. The van der Waals surface area contributed by atoms with E-state index in [1.165, 1.54) is 25.6 Å². The molecule has 8 rings (SSSR count). The van der Waals surface area contributed by atoms with E-state index in [0.717, 1.165) is 60.9 Å². The first-order valence-corrected chi connectivity index (χ1v) is 21.0. The molecule has 1 saturated carbocycles. The summed E-state index contributed by atoms with van der Waals surface area (Å²) >= 11 is 0. The fraction of sp³-hybridized carbons (Fsp3) is 0.488. The monoisotopic (exact) mass is 792 g/mol. The Labute approximate surface area is 324 Å². The summed E-state index contributed by atoms with van der Waals surface area (Å²) in [6, 6.07) is 10.7. The van der Waals surface area contributed by atoms with Gasteiger partial charge in [0.2, 0.25) is 10.0 Å². The predicted molar refractivity (Wildman–Crippen MR) is 208 cm³/mol. The SMILES string of the molecule is CCN1C[C@@H]2CC1CN2C(=O)c1c(C(F)(F)F)nn(C)c1C1=Cc2cc(OC)ccc2-c2c(C3CCCCC3)c3ccc(C(=O)NS(=O)(=O)C(C)C)cc3n2C1. The number of aromatic nitrogens is 3. The van der Waals surface area contributed by atoms with Crippen molar-refractivity contribution in [3.8, 4) is 17.0 Å². The van der Waals surface area contributed by atoms with Gasteiger partial charge in [-0.1, -0.05) is 32.3 Å².